The first kappa shape index (κ1) is 9.46. The fraction of sp³-hybridized carbons (Fsp3) is 0.308. The summed E-state index contributed by atoms with van der Waals surface area (Å²) in [6.45, 7) is 1.68. The monoisotopic (exact) mass is 214 g/mol. The van der Waals surface area contributed by atoms with Crippen molar-refractivity contribution < 1.29 is 4.79 Å². The first-order valence-corrected chi connectivity index (χ1v) is 5.67. The summed E-state index contributed by atoms with van der Waals surface area (Å²) in [6, 6.07) is 10.4. The van der Waals surface area contributed by atoms with E-state index >= 15 is 0 Å². The van der Waals surface area contributed by atoms with Gasteiger partial charge >= 0.3 is 0 Å². The number of rotatable bonds is 1. The van der Waals surface area contributed by atoms with Gasteiger partial charge in [-0.05, 0) is 12.1 Å². The highest BCUT2D eigenvalue weighted by Gasteiger charge is 2.17. The second-order valence-corrected chi connectivity index (χ2v) is 4.27. The summed E-state index contributed by atoms with van der Waals surface area (Å²) in [5.41, 5.74) is 1.16. The van der Waals surface area contributed by atoms with Gasteiger partial charge in [0.1, 0.15) is 11.6 Å². The molecule has 2 aromatic rings. The molecule has 1 aromatic carbocycles. The van der Waals surface area contributed by atoms with E-state index in [1.165, 1.54) is 5.39 Å². The Morgan fingerprint density at radius 3 is 2.62 bits per heavy atom. The van der Waals surface area contributed by atoms with E-state index in [-0.39, 0.29) is 0 Å². The molecule has 16 heavy (non-hydrogen) atoms. The Kier molecular flexibility index (Phi) is 2.17. The third kappa shape index (κ3) is 1.58. The summed E-state index contributed by atoms with van der Waals surface area (Å²) in [4.78, 5) is 16.8. The maximum Gasteiger partial charge on any atom is 0.136 e. The Morgan fingerprint density at radius 2 is 1.88 bits per heavy atom. The quantitative estimate of drug-likeness (QED) is 0.791. The largest absolute Gasteiger partial charge is 0.357 e. The molecule has 82 valence electrons. The molecule has 3 heteroatoms. The van der Waals surface area contributed by atoms with Crippen molar-refractivity contribution in [1.29, 1.82) is 0 Å². The van der Waals surface area contributed by atoms with E-state index in [1.807, 2.05) is 12.1 Å². The van der Waals surface area contributed by atoms with Crippen molar-refractivity contribution >= 4 is 22.5 Å². The molecule has 3 nitrogen and oxygen atoms in total. The normalized spacial score (nSPS) is 17.0. The van der Waals surface area contributed by atoms with Crippen LogP contribution in [-0.2, 0) is 4.79 Å². The molecule has 0 saturated carbocycles. The van der Waals surface area contributed by atoms with Gasteiger partial charge in [-0.2, -0.15) is 0 Å². The van der Waals surface area contributed by atoms with Crippen molar-refractivity contribution in [3.05, 3.63) is 30.3 Å². The predicted molar refractivity (Wildman–Crippen MR) is 64.8 cm³/mol. The number of hydrogen-bond donors (Lipinski definition) is 1. The van der Waals surface area contributed by atoms with Gasteiger partial charge in [-0.15, -0.1) is 0 Å². The maximum absolute atomic E-state index is 11.2. The molecule has 0 amide bonds. The van der Waals surface area contributed by atoms with Crippen molar-refractivity contribution in [2.45, 2.75) is 12.8 Å². The fourth-order valence-electron chi connectivity index (χ4n) is 2.23. The minimum atomic E-state index is 0.382. The molecule has 2 heterocycles. The average molecular weight is 214 g/mol. The van der Waals surface area contributed by atoms with Crippen LogP contribution in [0.4, 0.5) is 5.82 Å². The van der Waals surface area contributed by atoms with Crippen molar-refractivity contribution in [1.82, 2.24) is 4.98 Å². The molecular formula is C13H14N2O. The van der Waals surface area contributed by atoms with Crippen LogP contribution in [0.1, 0.15) is 12.8 Å². The lowest BCUT2D eigenvalue weighted by atomic mass is 10.1. The van der Waals surface area contributed by atoms with E-state index in [1.54, 1.807) is 0 Å². The lowest BCUT2D eigenvalue weighted by Gasteiger charge is -2.26. The van der Waals surface area contributed by atoms with E-state index in [4.69, 9.17) is 0 Å². The zero-order chi connectivity index (χ0) is 11.0. The molecule has 0 atom stereocenters. The Hall–Kier alpha value is -1.77. The zero-order valence-electron chi connectivity index (χ0n) is 9.07. The number of ketones is 1. The smallest absolute Gasteiger partial charge is 0.136 e. The third-order valence-electron chi connectivity index (χ3n) is 3.18. The Balaban J connectivity index is 1.91. The number of carbonyl (C=O) groups is 1. The second-order valence-electron chi connectivity index (χ2n) is 4.27. The van der Waals surface area contributed by atoms with Crippen LogP contribution in [0.3, 0.4) is 0 Å². The summed E-state index contributed by atoms with van der Waals surface area (Å²) in [7, 11) is 0. The van der Waals surface area contributed by atoms with Crippen molar-refractivity contribution in [2.75, 3.05) is 18.0 Å². The molecule has 3 rings (SSSR count). The molecule has 1 fully saturated rings. The SMILES string of the molecule is O=C1CCN(c2cc3ccccc3[nH]2)CC1. The number of fused-ring (bicyclic) bond motifs is 1. The van der Waals surface area contributed by atoms with E-state index in [2.05, 4.69) is 28.1 Å². The number of hydrogen-bond acceptors (Lipinski definition) is 2. The van der Waals surface area contributed by atoms with E-state index < -0.39 is 0 Å². The number of H-pyrrole nitrogens is 1. The number of nitrogens with zero attached hydrogens (tertiary/aromatic N) is 1. The van der Waals surface area contributed by atoms with Crippen LogP contribution in [-0.4, -0.2) is 23.9 Å². The number of aromatic nitrogens is 1. The highest BCUT2D eigenvalue weighted by Crippen LogP contribution is 2.23. The molecule has 0 radical (unpaired) electrons. The molecule has 0 aliphatic carbocycles. The maximum atomic E-state index is 11.2. The topological polar surface area (TPSA) is 36.1 Å². The average Bonchev–Trinajstić information content (AvgIpc) is 2.73. The first-order chi connectivity index (χ1) is 7.83. The van der Waals surface area contributed by atoms with Gasteiger partial charge in [-0.25, -0.2) is 0 Å². The Labute approximate surface area is 94.1 Å². The van der Waals surface area contributed by atoms with Gasteiger partial charge in [0.15, 0.2) is 0 Å². The Morgan fingerprint density at radius 1 is 1.12 bits per heavy atom. The number of Topliss-reactive ketones (excluding diaryl/α,β-unsaturated/α-hetero) is 1. The highest BCUT2D eigenvalue weighted by atomic mass is 16.1. The van der Waals surface area contributed by atoms with Crippen LogP contribution in [0, 0.1) is 0 Å². The van der Waals surface area contributed by atoms with Gasteiger partial charge < -0.3 is 9.88 Å². The molecule has 1 aliphatic heterocycles. The van der Waals surface area contributed by atoms with Crippen LogP contribution in [0.25, 0.3) is 10.9 Å². The Bertz CT molecular complexity index is 486. The van der Waals surface area contributed by atoms with Crippen LogP contribution >= 0.6 is 0 Å². The van der Waals surface area contributed by atoms with Crippen molar-refractivity contribution in [3.8, 4) is 0 Å². The van der Waals surface area contributed by atoms with Gasteiger partial charge in [0.05, 0.1) is 0 Å². The third-order valence-corrected chi connectivity index (χ3v) is 3.18. The number of piperidine rings is 1. The van der Waals surface area contributed by atoms with Crippen LogP contribution in [0.5, 0.6) is 0 Å². The highest BCUT2D eigenvalue weighted by molar-refractivity contribution is 5.85. The minimum absolute atomic E-state index is 0.382. The van der Waals surface area contributed by atoms with E-state index in [0.29, 0.717) is 18.6 Å². The fourth-order valence-corrected chi connectivity index (χ4v) is 2.23. The summed E-state index contributed by atoms with van der Waals surface area (Å²) < 4.78 is 0. The zero-order valence-corrected chi connectivity index (χ0v) is 9.07. The number of nitrogens with one attached hydrogen (secondary N) is 1. The minimum Gasteiger partial charge on any atom is -0.357 e. The van der Waals surface area contributed by atoms with E-state index in [0.717, 1.165) is 24.4 Å². The molecule has 1 saturated heterocycles. The van der Waals surface area contributed by atoms with Gasteiger partial charge in [0, 0.05) is 36.8 Å². The molecule has 1 N–H and O–H groups in total. The van der Waals surface area contributed by atoms with E-state index in [9.17, 15) is 4.79 Å². The standard InChI is InChI=1S/C13H14N2O/c16-11-5-7-15(8-6-11)13-9-10-3-1-2-4-12(10)14-13/h1-4,9,14H,5-8H2. The summed E-state index contributed by atoms with van der Waals surface area (Å²) >= 11 is 0. The number of carbonyl (C=O) groups excluding carboxylic acids is 1. The number of anilines is 1. The summed E-state index contributed by atoms with van der Waals surface area (Å²) in [6.07, 6.45) is 1.35. The van der Waals surface area contributed by atoms with Crippen molar-refractivity contribution in [3.63, 3.8) is 0 Å². The number of benzene rings is 1. The molecule has 0 unspecified atom stereocenters. The van der Waals surface area contributed by atoms with Crippen LogP contribution in [0.2, 0.25) is 0 Å². The van der Waals surface area contributed by atoms with Gasteiger partial charge in [-0.1, -0.05) is 18.2 Å². The summed E-state index contributed by atoms with van der Waals surface area (Å²) in [5, 5.41) is 1.23. The first-order valence-electron chi connectivity index (χ1n) is 5.67. The molecular weight excluding hydrogens is 200 g/mol. The number of aromatic amines is 1. The lowest BCUT2D eigenvalue weighted by Crippen LogP contribution is -2.33. The van der Waals surface area contributed by atoms with Gasteiger partial charge in [0.25, 0.3) is 0 Å². The summed E-state index contributed by atoms with van der Waals surface area (Å²) in [5.74, 6) is 1.51. The lowest BCUT2D eigenvalue weighted by molar-refractivity contribution is -0.119. The predicted octanol–water partition coefficient (Wildman–Crippen LogP) is 2.34. The van der Waals surface area contributed by atoms with Crippen LogP contribution in [0.15, 0.2) is 30.3 Å². The molecule has 0 bridgehead atoms. The van der Waals surface area contributed by atoms with Gasteiger partial charge in [0.2, 0.25) is 0 Å². The van der Waals surface area contributed by atoms with Crippen LogP contribution < -0.4 is 4.90 Å². The second kappa shape index (κ2) is 3.67. The molecule has 0 spiro atoms. The molecule has 1 aromatic heterocycles. The van der Waals surface area contributed by atoms with Gasteiger partial charge in [-0.3, -0.25) is 4.79 Å². The molecule has 1 aliphatic rings. The van der Waals surface area contributed by atoms with Crippen molar-refractivity contribution in [2.24, 2.45) is 0 Å². The number of para-hydroxylation sites is 1.